The van der Waals surface area contributed by atoms with Crippen molar-refractivity contribution in [2.75, 3.05) is 23.8 Å². The van der Waals surface area contributed by atoms with Crippen molar-refractivity contribution in [2.45, 2.75) is 25.7 Å². The largest absolute Gasteiger partial charge is 0.462 e. The molecule has 40 heavy (non-hydrogen) atoms. The fourth-order valence-corrected chi connectivity index (χ4v) is 5.90. The van der Waals surface area contributed by atoms with Gasteiger partial charge in [0.1, 0.15) is 21.1 Å². The first-order valence-corrected chi connectivity index (χ1v) is 13.3. The fourth-order valence-electron chi connectivity index (χ4n) is 3.73. The van der Waals surface area contributed by atoms with Crippen LogP contribution in [0.3, 0.4) is 0 Å². The number of hydrogen-bond acceptors (Lipinski definition) is 8. The molecule has 0 unspecified atom stereocenters. The van der Waals surface area contributed by atoms with E-state index in [0.717, 1.165) is 0 Å². The highest BCUT2D eigenvalue weighted by atomic mass is 32.1. The Morgan fingerprint density at radius 2 is 1.02 bits per heavy atom. The number of alkyl halides is 4. The Morgan fingerprint density at radius 1 is 0.675 bits per heavy atom. The molecule has 0 atom stereocenters. The van der Waals surface area contributed by atoms with E-state index in [2.05, 4.69) is 0 Å². The number of esters is 2. The topological polar surface area (TPSA) is 111 Å². The monoisotopic (exact) mass is 596 g/mol. The van der Waals surface area contributed by atoms with Crippen LogP contribution in [0.4, 0.5) is 27.6 Å². The summed E-state index contributed by atoms with van der Waals surface area (Å²) in [5.74, 6) is -18.1. The molecule has 0 saturated carbocycles. The van der Waals surface area contributed by atoms with E-state index < -0.39 is 45.6 Å². The number of carbonyl (C=O) groups is 4. The second-order valence-corrected chi connectivity index (χ2v) is 10.2. The lowest BCUT2D eigenvalue weighted by Crippen LogP contribution is -2.56. The lowest BCUT2D eigenvalue weighted by atomic mass is 10.1. The molecule has 0 aliphatic heterocycles. The summed E-state index contributed by atoms with van der Waals surface area (Å²) in [6, 6.07) is 12.3. The Labute approximate surface area is 231 Å². The van der Waals surface area contributed by atoms with Crippen LogP contribution in [0.15, 0.2) is 48.5 Å². The first-order chi connectivity index (χ1) is 18.9. The minimum atomic E-state index is -5.57. The summed E-state index contributed by atoms with van der Waals surface area (Å²) in [7, 11) is 0. The Morgan fingerprint density at radius 3 is 1.38 bits per heavy atom. The first-order valence-electron chi connectivity index (χ1n) is 11.7. The summed E-state index contributed by atoms with van der Waals surface area (Å²) in [6.45, 7) is 2.86. The van der Waals surface area contributed by atoms with Crippen molar-refractivity contribution < 1.29 is 46.2 Å². The number of rotatable bonds is 9. The second kappa shape index (κ2) is 11.2. The van der Waals surface area contributed by atoms with Gasteiger partial charge in [-0.15, -0.1) is 22.7 Å². The van der Waals surface area contributed by atoms with Gasteiger partial charge in [0.05, 0.1) is 13.2 Å². The van der Waals surface area contributed by atoms with Crippen LogP contribution in [0.1, 0.15) is 34.6 Å². The molecule has 14 heteroatoms. The molecule has 2 amide bonds. The summed E-state index contributed by atoms with van der Waals surface area (Å²) < 4.78 is 70.4. The van der Waals surface area contributed by atoms with Gasteiger partial charge in [-0.25, -0.2) is 9.59 Å². The quantitative estimate of drug-likeness (QED) is 0.173. The van der Waals surface area contributed by atoms with E-state index in [1.165, 1.54) is 38.1 Å². The SMILES string of the molecule is CCOC(=O)c1c(NC(=O)C(F)(F)C(F)(F)C(=O)Nc2sc3ccccc3c2C(=O)OCC)sc2ccccc12. The van der Waals surface area contributed by atoms with Crippen molar-refractivity contribution in [3.8, 4) is 0 Å². The van der Waals surface area contributed by atoms with Crippen LogP contribution in [-0.2, 0) is 19.1 Å². The second-order valence-electron chi connectivity index (χ2n) is 8.10. The number of thiophene rings is 2. The molecule has 2 N–H and O–H groups in total. The zero-order valence-electron chi connectivity index (χ0n) is 20.8. The number of ether oxygens (including phenoxy) is 2. The van der Waals surface area contributed by atoms with E-state index in [1.807, 2.05) is 0 Å². The van der Waals surface area contributed by atoms with Crippen LogP contribution in [0.2, 0.25) is 0 Å². The predicted molar refractivity (Wildman–Crippen MR) is 143 cm³/mol. The lowest BCUT2D eigenvalue weighted by Gasteiger charge is -2.24. The summed E-state index contributed by atoms with van der Waals surface area (Å²) in [4.78, 5) is 50.0. The maximum atomic E-state index is 14.9. The van der Waals surface area contributed by atoms with Gasteiger partial charge >= 0.3 is 35.6 Å². The molecule has 2 heterocycles. The van der Waals surface area contributed by atoms with Gasteiger partial charge in [-0.3, -0.25) is 9.59 Å². The molecule has 0 spiro atoms. The molecule has 0 bridgehead atoms. The summed E-state index contributed by atoms with van der Waals surface area (Å²) >= 11 is 1.39. The highest BCUT2D eigenvalue weighted by molar-refractivity contribution is 7.24. The molecule has 0 radical (unpaired) electrons. The van der Waals surface area contributed by atoms with Crippen LogP contribution < -0.4 is 10.6 Å². The maximum Gasteiger partial charge on any atom is 0.396 e. The molecule has 2 aromatic heterocycles. The molecular formula is C26H20F4N2O6S2. The molecule has 4 rings (SSSR count). The number of amides is 2. The number of benzene rings is 2. The highest BCUT2D eigenvalue weighted by Gasteiger charge is 2.67. The molecule has 2 aromatic carbocycles. The average molecular weight is 597 g/mol. The van der Waals surface area contributed by atoms with Crippen LogP contribution in [0.5, 0.6) is 0 Å². The van der Waals surface area contributed by atoms with Crippen LogP contribution in [0.25, 0.3) is 20.2 Å². The number of fused-ring (bicyclic) bond motifs is 2. The molecule has 0 saturated heterocycles. The Hall–Kier alpha value is -4.04. The van der Waals surface area contributed by atoms with Crippen LogP contribution >= 0.6 is 22.7 Å². The number of hydrogen-bond donors (Lipinski definition) is 2. The van der Waals surface area contributed by atoms with Crippen molar-refractivity contribution in [3.63, 3.8) is 0 Å². The van der Waals surface area contributed by atoms with Gasteiger partial charge in [-0.1, -0.05) is 36.4 Å². The van der Waals surface area contributed by atoms with Crippen molar-refractivity contribution in [3.05, 3.63) is 59.7 Å². The van der Waals surface area contributed by atoms with Gasteiger partial charge < -0.3 is 20.1 Å². The van der Waals surface area contributed by atoms with Gasteiger partial charge in [0.15, 0.2) is 0 Å². The molecule has 210 valence electrons. The standard InChI is InChI=1S/C26H20F4N2O6S2/c1-3-37-21(33)17-13-9-5-7-11-15(13)39-19(17)31-23(35)25(27,28)26(29,30)24(36)32-20-18(22(34)38-4-2)14-10-6-8-12-16(14)40-20/h5-12H,3-4H2,1-2H3,(H,31,35)(H,32,36). The zero-order valence-corrected chi connectivity index (χ0v) is 22.4. The summed E-state index contributed by atoms with van der Waals surface area (Å²) in [5, 5.41) is 2.95. The van der Waals surface area contributed by atoms with E-state index in [4.69, 9.17) is 9.47 Å². The molecular weight excluding hydrogens is 576 g/mol. The third kappa shape index (κ3) is 5.11. The van der Waals surface area contributed by atoms with E-state index >= 15 is 0 Å². The number of carbonyl (C=O) groups excluding carboxylic acids is 4. The van der Waals surface area contributed by atoms with Gasteiger partial charge in [0.25, 0.3) is 0 Å². The number of halogens is 4. The van der Waals surface area contributed by atoms with Crippen molar-refractivity contribution in [2.24, 2.45) is 0 Å². The van der Waals surface area contributed by atoms with Crippen molar-refractivity contribution >= 4 is 76.6 Å². The van der Waals surface area contributed by atoms with Gasteiger partial charge in [0.2, 0.25) is 0 Å². The molecule has 8 nitrogen and oxygen atoms in total. The van der Waals surface area contributed by atoms with E-state index in [9.17, 15) is 36.7 Å². The van der Waals surface area contributed by atoms with Crippen LogP contribution in [0, 0.1) is 0 Å². The summed E-state index contributed by atoms with van der Waals surface area (Å²) in [6.07, 6.45) is 0. The molecule has 0 fully saturated rings. The van der Waals surface area contributed by atoms with Gasteiger partial charge in [0, 0.05) is 20.2 Å². The molecule has 4 aromatic rings. The Bertz CT molecular complexity index is 1510. The molecule has 0 aliphatic carbocycles. The van der Waals surface area contributed by atoms with Gasteiger partial charge in [-0.05, 0) is 26.0 Å². The van der Waals surface area contributed by atoms with Gasteiger partial charge in [-0.2, -0.15) is 17.6 Å². The smallest absolute Gasteiger partial charge is 0.396 e. The lowest BCUT2D eigenvalue weighted by molar-refractivity contribution is -0.204. The third-order valence-corrected chi connectivity index (χ3v) is 7.74. The van der Waals surface area contributed by atoms with Crippen molar-refractivity contribution in [1.82, 2.24) is 0 Å². The number of nitrogens with one attached hydrogen (secondary N) is 2. The molecule has 0 aliphatic rings. The van der Waals surface area contributed by atoms with E-state index in [0.29, 0.717) is 32.1 Å². The van der Waals surface area contributed by atoms with Crippen LogP contribution in [-0.4, -0.2) is 48.8 Å². The third-order valence-electron chi connectivity index (χ3n) is 5.57. The maximum absolute atomic E-state index is 14.9. The minimum Gasteiger partial charge on any atom is -0.462 e. The van der Waals surface area contributed by atoms with E-state index in [1.54, 1.807) is 34.9 Å². The average Bonchev–Trinajstić information content (AvgIpc) is 3.46. The predicted octanol–water partition coefficient (Wildman–Crippen LogP) is 6.32. The highest BCUT2D eigenvalue weighted by Crippen LogP contribution is 2.42. The van der Waals surface area contributed by atoms with Crippen molar-refractivity contribution in [1.29, 1.82) is 0 Å². The zero-order chi connectivity index (χ0) is 29.2. The normalized spacial score (nSPS) is 11.8. The first kappa shape index (κ1) is 29.0. The Kier molecular flexibility index (Phi) is 8.12. The minimum absolute atomic E-state index is 0.0731. The fraction of sp³-hybridized carbons (Fsp3) is 0.231. The van der Waals surface area contributed by atoms with E-state index in [-0.39, 0.29) is 35.1 Å². The Balaban J connectivity index is 1.64. The summed E-state index contributed by atoms with van der Waals surface area (Å²) in [5.41, 5.74) is -0.576. The number of anilines is 2.